The number of ether oxygens (including phenoxy) is 3. The Morgan fingerprint density at radius 1 is 1.04 bits per heavy atom. The van der Waals surface area contributed by atoms with Gasteiger partial charge in [0, 0.05) is 12.1 Å². The summed E-state index contributed by atoms with van der Waals surface area (Å²) >= 11 is 0. The standard InChI is InChI=1S/C19H16F3NO5/c20-19(21,22)13-3-1-4-14(10-13)23-17(24)11-28-18(25)12-5-6-15-16(9-12)27-8-2-7-26-15/h1,3-6,9-10H,2,7-8,11H2,(H,23,24). The van der Waals surface area contributed by atoms with E-state index in [0.717, 1.165) is 12.1 Å². The number of nitrogens with one attached hydrogen (secondary N) is 1. The average Bonchev–Trinajstić information content (AvgIpc) is 2.90. The Balaban J connectivity index is 1.57. The third kappa shape index (κ3) is 4.93. The number of halogens is 3. The van der Waals surface area contributed by atoms with E-state index in [9.17, 15) is 22.8 Å². The van der Waals surface area contributed by atoms with E-state index in [2.05, 4.69) is 5.32 Å². The second-order valence-electron chi connectivity index (χ2n) is 5.91. The molecule has 0 saturated heterocycles. The number of carbonyl (C=O) groups is 2. The Kier molecular flexibility index (Phi) is 5.72. The summed E-state index contributed by atoms with van der Waals surface area (Å²) in [5.41, 5.74) is -0.780. The van der Waals surface area contributed by atoms with Gasteiger partial charge < -0.3 is 19.5 Å². The Bertz CT molecular complexity index is 882. The summed E-state index contributed by atoms with van der Waals surface area (Å²) < 4.78 is 53.9. The van der Waals surface area contributed by atoms with Crippen LogP contribution in [0.1, 0.15) is 22.3 Å². The van der Waals surface area contributed by atoms with Gasteiger partial charge in [-0.15, -0.1) is 0 Å². The molecule has 0 bridgehead atoms. The van der Waals surface area contributed by atoms with Crippen molar-refractivity contribution in [3.8, 4) is 11.5 Å². The van der Waals surface area contributed by atoms with Crippen molar-refractivity contribution in [2.75, 3.05) is 25.1 Å². The van der Waals surface area contributed by atoms with Gasteiger partial charge in [-0.25, -0.2) is 4.79 Å². The van der Waals surface area contributed by atoms with E-state index in [1.807, 2.05) is 0 Å². The van der Waals surface area contributed by atoms with Crippen molar-refractivity contribution in [3.05, 3.63) is 53.6 Å². The topological polar surface area (TPSA) is 73.9 Å². The highest BCUT2D eigenvalue weighted by Crippen LogP contribution is 2.31. The first kappa shape index (κ1) is 19.5. The number of fused-ring (bicyclic) bond motifs is 1. The number of alkyl halides is 3. The monoisotopic (exact) mass is 395 g/mol. The minimum absolute atomic E-state index is 0.0496. The van der Waals surface area contributed by atoms with Gasteiger partial charge in [0.05, 0.1) is 24.3 Å². The highest BCUT2D eigenvalue weighted by molar-refractivity contribution is 5.95. The van der Waals surface area contributed by atoms with Crippen LogP contribution in [-0.2, 0) is 15.7 Å². The molecular formula is C19H16F3NO5. The highest BCUT2D eigenvalue weighted by Gasteiger charge is 2.30. The quantitative estimate of drug-likeness (QED) is 0.800. The SMILES string of the molecule is O=C(COC(=O)c1ccc2c(c1)OCCCO2)Nc1cccc(C(F)(F)F)c1. The molecule has 0 aromatic heterocycles. The molecule has 0 unspecified atom stereocenters. The van der Waals surface area contributed by atoms with Crippen LogP contribution in [0.25, 0.3) is 0 Å². The molecule has 2 aromatic carbocycles. The van der Waals surface area contributed by atoms with Crippen molar-refractivity contribution < 1.29 is 37.0 Å². The predicted octanol–water partition coefficient (Wildman–Crippen LogP) is 3.66. The van der Waals surface area contributed by atoms with Crippen molar-refractivity contribution in [2.24, 2.45) is 0 Å². The van der Waals surface area contributed by atoms with Gasteiger partial charge in [0.2, 0.25) is 0 Å². The van der Waals surface area contributed by atoms with E-state index < -0.39 is 30.2 Å². The molecule has 1 aliphatic heterocycles. The Morgan fingerprint density at radius 2 is 1.79 bits per heavy atom. The van der Waals surface area contributed by atoms with Gasteiger partial charge in [0.15, 0.2) is 18.1 Å². The van der Waals surface area contributed by atoms with Crippen LogP contribution < -0.4 is 14.8 Å². The van der Waals surface area contributed by atoms with Crippen LogP contribution in [0.2, 0.25) is 0 Å². The van der Waals surface area contributed by atoms with Crippen LogP contribution in [0, 0.1) is 0 Å². The summed E-state index contributed by atoms with van der Waals surface area (Å²) in [6, 6.07) is 8.65. The molecule has 1 amide bonds. The summed E-state index contributed by atoms with van der Waals surface area (Å²) in [5, 5.41) is 2.26. The number of esters is 1. The number of carbonyl (C=O) groups excluding carboxylic acids is 2. The van der Waals surface area contributed by atoms with E-state index in [1.165, 1.54) is 24.3 Å². The number of amides is 1. The van der Waals surface area contributed by atoms with Crippen LogP contribution in [-0.4, -0.2) is 31.7 Å². The molecule has 0 aliphatic carbocycles. The molecule has 1 aliphatic rings. The molecule has 6 nitrogen and oxygen atoms in total. The maximum absolute atomic E-state index is 12.7. The molecule has 1 heterocycles. The normalized spacial score (nSPS) is 13.4. The van der Waals surface area contributed by atoms with E-state index in [1.54, 1.807) is 6.07 Å². The molecule has 2 aromatic rings. The first-order valence-corrected chi connectivity index (χ1v) is 8.37. The fraction of sp³-hybridized carbons (Fsp3) is 0.263. The van der Waals surface area contributed by atoms with E-state index >= 15 is 0 Å². The summed E-state index contributed by atoms with van der Waals surface area (Å²) in [4.78, 5) is 24.0. The van der Waals surface area contributed by atoms with Gasteiger partial charge in [-0.1, -0.05) is 6.07 Å². The van der Waals surface area contributed by atoms with Gasteiger partial charge in [-0.3, -0.25) is 4.79 Å². The molecular weight excluding hydrogens is 379 g/mol. The minimum atomic E-state index is -4.52. The molecule has 148 valence electrons. The van der Waals surface area contributed by atoms with Crippen LogP contribution in [0.3, 0.4) is 0 Å². The molecule has 1 N–H and O–H groups in total. The lowest BCUT2D eigenvalue weighted by atomic mass is 10.2. The number of rotatable bonds is 4. The van der Waals surface area contributed by atoms with Crippen molar-refractivity contribution in [1.29, 1.82) is 0 Å². The number of hydrogen-bond donors (Lipinski definition) is 1. The summed E-state index contributed by atoms with van der Waals surface area (Å²) in [7, 11) is 0. The lowest BCUT2D eigenvalue weighted by Crippen LogP contribution is -2.21. The van der Waals surface area contributed by atoms with Crippen molar-refractivity contribution in [3.63, 3.8) is 0 Å². The van der Waals surface area contributed by atoms with Gasteiger partial charge in [-0.2, -0.15) is 13.2 Å². The van der Waals surface area contributed by atoms with Crippen LogP contribution >= 0.6 is 0 Å². The predicted molar refractivity (Wildman–Crippen MR) is 92.4 cm³/mol. The zero-order valence-electron chi connectivity index (χ0n) is 14.5. The average molecular weight is 395 g/mol. The summed E-state index contributed by atoms with van der Waals surface area (Å²) in [6.07, 6.45) is -3.81. The lowest BCUT2D eigenvalue weighted by Gasteiger charge is -2.11. The van der Waals surface area contributed by atoms with Crippen molar-refractivity contribution in [2.45, 2.75) is 12.6 Å². The molecule has 28 heavy (non-hydrogen) atoms. The lowest BCUT2D eigenvalue weighted by molar-refractivity contribution is -0.137. The van der Waals surface area contributed by atoms with E-state index in [0.29, 0.717) is 31.1 Å². The number of benzene rings is 2. The third-order valence-corrected chi connectivity index (χ3v) is 3.79. The molecule has 3 rings (SSSR count). The Labute approximate surface area is 158 Å². The summed E-state index contributed by atoms with van der Waals surface area (Å²) in [5.74, 6) is -0.617. The minimum Gasteiger partial charge on any atom is -0.490 e. The molecule has 0 fully saturated rings. The first-order chi connectivity index (χ1) is 13.3. The highest BCUT2D eigenvalue weighted by atomic mass is 19.4. The second kappa shape index (κ2) is 8.20. The maximum atomic E-state index is 12.7. The fourth-order valence-electron chi connectivity index (χ4n) is 2.48. The van der Waals surface area contributed by atoms with Gasteiger partial charge in [0.1, 0.15) is 0 Å². The van der Waals surface area contributed by atoms with Crippen molar-refractivity contribution >= 4 is 17.6 Å². The molecule has 0 atom stereocenters. The van der Waals surface area contributed by atoms with Crippen LogP contribution in [0.4, 0.5) is 18.9 Å². The zero-order chi connectivity index (χ0) is 20.1. The fourth-order valence-corrected chi connectivity index (χ4v) is 2.48. The Morgan fingerprint density at radius 3 is 2.54 bits per heavy atom. The molecule has 0 spiro atoms. The number of hydrogen-bond acceptors (Lipinski definition) is 5. The third-order valence-electron chi connectivity index (χ3n) is 3.79. The first-order valence-electron chi connectivity index (χ1n) is 8.37. The van der Waals surface area contributed by atoms with Crippen LogP contribution in [0.15, 0.2) is 42.5 Å². The second-order valence-corrected chi connectivity index (χ2v) is 5.91. The maximum Gasteiger partial charge on any atom is 0.416 e. The van der Waals surface area contributed by atoms with Crippen LogP contribution in [0.5, 0.6) is 11.5 Å². The molecule has 0 radical (unpaired) electrons. The van der Waals surface area contributed by atoms with E-state index in [4.69, 9.17) is 14.2 Å². The smallest absolute Gasteiger partial charge is 0.416 e. The zero-order valence-corrected chi connectivity index (χ0v) is 14.5. The molecule has 9 heteroatoms. The Hall–Kier alpha value is -3.23. The van der Waals surface area contributed by atoms with Crippen molar-refractivity contribution in [1.82, 2.24) is 0 Å². The summed E-state index contributed by atoms with van der Waals surface area (Å²) in [6.45, 7) is 0.306. The molecule has 0 saturated carbocycles. The van der Waals surface area contributed by atoms with E-state index in [-0.39, 0.29) is 11.3 Å². The van der Waals surface area contributed by atoms with Gasteiger partial charge >= 0.3 is 12.1 Å². The largest absolute Gasteiger partial charge is 0.490 e. The number of anilines is 1. The van der Waals surface area contributed by atoms with Gasteiger partial charge in [-0.05, 0) is 36.4 Å². The van der Waals surface area contributed by atoms with Gasteiger partial charge in [0.25, 0.3) is 5.91 Å².